The summed E-state index contributed by atoms with van der Waals surface area (Å²) in [5, 5.41) is 2.81. The fourth-order valence-electron chi connectivity index (χ4n) is 0.169. The monoisotopic (exact) mass is 128 g/mol. The molecule has 0 saturated heterocycles. The molecule has 0 aromatic rings. The maximum atomic E-state index is 10.5. The number of nitrogens with zero attached hydrogens (tertiary/aromatic N) is 3. The number of azide groups is 1. The van der Waals surface area contributed by atoms with Gasteiger partial charge in [-0.15, -0.1) is 0 Å². The van der Waals surface area contributed by atoms with Gasteiger partial charge in [-0.25, -0.2) is 0 Å². The van der Waals surface area contributed by atoms with Gasteiger partial charge in [0.15, 0.2) is 0 Å². The van der Waals surface area contributed by atoms with E-state index < -0.39 is 11.4 Å². The van der Waals surface area contributed by atoms with Crippen LogP contribution in [0, 0.1) is 0 Å². The molecule has 2 N–H and O–H groups in total. The fourth-order valence-corrected chi connectivity index (χ4v) is 0.169. The van der Waals surface area contributed by atoms with Gasteiger partial charge in [0, 0.05) is 4.91 Å². The Labute approximate surface area is 52.5 Å². The molecule has 0 rings (SSSR count). The SMILES string of the molecule is CC(C)(N)C(=O)N=[N+]=[N-]. The second kappa shape index (κ2) is 2.48. The van der Waals surface area contributed by atoms with E-state index in [1.165, 1.54) is 13.8 Å². The van der Waals surface area contributed by atoms with Crippen LogP contribution in [0.1, 0.15) is 13.8 Å². The number of hydrogen-bond donors (Lipinski definition) is 1. The van der Waals surface area contributed by atoms with Crippen molar-refractivity contribution in [2.24, 2.45) is 10.8 Å². The van der Waals surface area contributed by atoms with Gasteiger partial charge in [0.1, 0.15) is 0 Å². The zero-order chi connectivity index (χ0) is 7.49. The van der Waals surface area contributed by atoms with Crippen molar-refractivity contribution in [3.8, 4) is 0 Å². The van der Waals surface area contributed by atoms with Crippen LogP contribution in [0.3, 0.4) is 0 Å². The average molecular weight is 128 g/mol. The summed E-state index contributed by atoms with van der Waals surface area (Å²) < 4.78 is 0. The molecule has 50 valence electrons. The highest BCUT2D eigenvalue weighted by Crippen LogP contribution is 1.98. The van der Waals surface area contributed by atoms with Crippen LogP contribution in [0.5, 0.6) is 0 Å². The van der Waals surface area contributed by atoms with Crippen LogP contribution in [0.4, 0.5) is 0 Å². The van der Waals surface area contributed by atoms with E-state index in [2.05, 4.69) is 10.0 Å². The molecule has 0 spiro atoms. The molecule has 0 fully saturated rings. The van der Waals surface area contributed by atoms with Crippen LogP contribution in [-0.2, 0) is 4.79 Å². The number of amides is 1. The lowest BCUT2D eigenvalue weighted by molar-refractivity contribution is -0.121. The third-order valence-electron chi connectivity index (χ3n) is 0.687. The van der Waals surface area contributed by atoms with Crippen LogP contribution < -0.4 is 5.73 Å². The molecule has 0 aliphatic rings. The van der Waals surface area contributed by atoms with Crippen molar-refractivity contribution in [1.82, 2.24) is 0 Å². The minimum absolute atomic E-state index is 0.648. The highest BCUT2D eigenvalue weighted by Gasteiger charge is 2.19. The summed E-state index contributed by atoms with van der Waals surface area (Å²) in [5.41, 5.74) is 12.0. The lowest BCUT2D eigenvalue weighted by Gasteiger charge is -2.11. The lowest BCUT2D eigenvalue weighted by atomic mass is 10.1. The molecule has 0 aliphatic carbocycles. The Hall–Kier alpha value is -1.06. The Morgan fingerprint density at radius 2 is 2.22 bits per heavy atom. The van der Waals surface area contributed by atoms with Crippen molar-refractivity contribution in [3.63, 3.8) is 0 Å². The van der Waals surface area contributed by atoms with Gasteiger partial charge in [-0.2, -0.15) is 0 Å². The first kappa shape index (κ1) is 7.94. The van der Waals surface area contributed by atoms with Gasteiger partial charge in [0.2, 0.25) is 5.91 Å². The van der Waals surface area contributed by atoms with Crippen molar-refractivity contribution in [3.05, 3.63) is 10.4 Å². The molecule has 0 aliphatic heterocycles. The second-order valence-corrected chi connectivity index (χ2v) is 2.22. The molecule has 5 heteroatoms. The first-order valence-corrected chi connectivity index (χ1v) is 2.37. The Morgan fingerprint density at radius 3 is 2.33 bits per heavy atom. The number of carbonyl (C=O) groups is 1. The smallest absolute Gasteiger partial charge is 0.238 e. The minimum atomic E-state index is -1.05. The summed E-state index contributed by atoms with van der Waals surface area (Å²) in [7, 11) is 0. The average Bonchev–Trinajstić information content (AvgIpc) is 1.64. The summed E-state index contributed by atoms with van der Waals surface area (Å²) in [6.45, 7) is 2.95. The largest absolute Gasteiger partial charge is 0.319 e. The van der Waals surface area contributed by atoms with E-state index in [-0.39, 0.29) is 0 Å². The first-order valence-electron chi connectivity index (χ1n) is 2.37. The minimum Gasteiger partial charge on any atom is -0.319 e. The van der Waals surface area contributed by atoms with E-state index in [4.69, 9.17) is 11.3 Å². The lowest BCUT2D eigenvalue weighted by Crippen LogP contribution is -2.40. The van der Waals surface area contributed by atoms with E-state index in [9.17, 15) is 4.79 Å². The standard InChI is InChI=1S/C4H8N4O/c1-4(2,5)3(9)7-8-6/h5H2,1-2H3. The van der Waals surface area contributed by atoms with Crippen molar-refractivity contribution in [1.29, 1.82) is 0 Å². The van der Waals surface area contributed by atoms with Crippen LogP contribution in [0.2, 0.25) is 0 Å². The van der Waals surface area contributed by atoms with E-state index in [1.807, 2.05) is 0 Å². The first-order chi connectivity index (χ1) is 3.98. The van der Waals surface area contributed by atoms with Gasteiger partial charge < -0.3 is 5.73 Å². The zero-order valence-corrected chi connectivity index (χ0v) is 5.33. The highest BCUT2D eigenvalue weighted by molar-refractivity contribution is 5.85. The Morgan fingerprint density at radius 1 is 1.78 bits per heavy atom. The van der Waals surface area contributed by atoms with Gasteiger partial charge in [-0.05, 0) is 24.5 Å². The molecule has 0 radical (unpaired) electrons. The summed E-state index contributed by atoms with van der Waals surface area (Å²) in [6, 6.07) is 0. The topological polar surface area (TPSA) is 91.9 Å². The Kier molecular flexibility index (Phi) is 2.19. The second-order valence-electron chi connectivity index (χ2n) is 2.22. The highest BCUT2D eigenvalue weighted by atomic mass is 16.2. The number of carbonyl (C=O) groups excluding carboxylic acids is 1. The van der Waals surface area contributed by atoms with Gasteiger partial charge >= 0.3 is 0 Å². The van der Waals surface area contributed by atoms with Crippen LogP contribution >= 0.6 is 0 Å². The third kappa shape index (κ3) is 2.69. The third-order valence-corrected chi connectivity index (χ3v) is 0.687. The molecule has 9 heavy (non-hydrogen) atoms. The van der Waals surface area contributed by atoms with Crippen molar-refractivity contribution in [2.45, 2.75) is 19.4 Å². The molecule has 1 amide bonds. The summed E-state index contributed by atoms with van der Waals surface area (Å²) in [4.78, 5) is 12.8. The van der Waals surface area contributed by atoms with Gasteiger partial charge in [0.05, 0.1) is 5.54 Å². The molecular formula is C4H8N4O. The molecule has 0 unspecified atom stereocenters. The van der Waals surface area contributed by atoms with E-state index in [1.54, 1.807) is 0 Å². The predicted octanol–water partition coefficient (Wildman–Crippen LogP) is 0.561. The summed E-state index contributed by atoms with van der Waals surface area (Å²) in [5.74, 6) is -0.648. The fraction of sp³-hybridized carbons (Fsp3) is 0.750. The Bertz CT molecular complexity index is 162. The summed E-state index contributed by atoms with van der Waals surface area (Å²) in [6.07, 6.45) is 0. The van der Waals surface area contributed by atoms with Gasteiger partial charge in [0.25, 0.3) is 0 Å². The number of rotatable bonds is 1. The van der Waals surface area contributed by atoms with Crippen LogP contribution in [0.25, 0.3) is 10.4 Å². The predicted molar refractivity (Wildman–Crippen MR) is 32.4 cm³/mol. The molecular weight excluding hydrogens is 120 g/mol. The molecule has 0 heterocycles. The number of hydrogen-bond acceptors (Lipinski definition) is 2. The van der Waals surface area contributed by atoms with E-state index in [0.717, 1.165) is 0 Å². The molecule has 5 nitrogen and oxygen atoms in total. The normalized spacial score (nSPS) is 10.1. The van der Waals surface area contributed by atoms with Crippen molar-refractivity contribution in [2.75, 3.05) is 0 Å². The Balaban J connectivity index is 4.22. The quantitative estimate of drug-likeness (QED) is 0.317. The van der Waals surface area contributed by atoms with Crippen molar-refractivity contribution < 1.29 is 4.79 Å². The van der Waals surface area contributed by atoms with Crippen LogP contribution in [-0.4, -0.2) is 11.4 Å². The number of nitrogens with two attached hydrogens (primary N) is 1. The molecule has 0 saturated carbocycles. The van der Waals surface area contributed by atoms with Crippen molar-refractivity contribution >= 4 is 5.91 Å². The van der Waals surface area contributed by atoms with E-state index >= 15 is 0 Å². The zero-order valence-electron chi connectivity index (χ0n) is 5.33. The maximum Gasteiger partial charge on any atom is 0.238 e. The molecule has 0 aromatic carbocycles. The summed E-state index contributed by atoms with van der Waals surface area (Å²) >= 11 is 0. The van der Waals surface area contributed by atoms with Crippen LogP contribution in [0.15, 0.2) is 5.11 Å². The maximum absolute atomic E-state index is 10.5. The van der Waals surface area contributed by atoms with E-state index in [0.29, 0.717) is 0 Å². The molecule has 0 bridgehead atoms. The molecule has 0 aromatic heterocycles. The van der Waals surface area contributed by atoms with Gasteiger partial charge in [-0.1, -0.05) is 0 Å². The molecule has 0 atom stereocenters. The van der Waals surface area contributed by atoms with Gasteiger partial charge in [-0.3, -0.25) is 4.79 Å².